The van der Waals surface area contributed by atoms with Gasteiger partial charge in [0.25, 0.3) is 0 Å². The van der Waals surface area contributed by atoms with Gasteiger partial charge in [0, 0.05) is 16.7 Å². The van der Waals surface area contributed by atoms with Crippen molar-refractivity contribution in [3.05, 3.63) is 15.6 Å². The summed E-state index contributed by atoms with van der Waals surface area (Å²) in [6, 6.07) is 0. The van der Waals surface area contributed by atoms with Gasteiger partial charge in [-0.3, -0.25) is 0 Å². The number of aryl methyl sites for hydroxylation is 2. The summed E-state index contributed by atoms with van der Waals surface area (Å²) in [4.78, 5) is 5.82. The van der Waals surface area contributed by atoms with Gasteiger partial charge >= 0.3 is 0 Å². The molecule has 1 aromatic heterocycles. The highest BCUT2D eigenvalue weighted by Crippen LogP contribution is 2.37. The molecule has 0 radical (unpaired) electrons. The summed E-state index contributed by atoms with van der Waals surface area (Å²) in [6.07, 6.45) is 3.60. The second-order valence-corrected chi connectivity index (χ2v) is 5.66. The van der Waals surface area contributed by atoms with Gasteiger partial charge in [0.1, 0.15) is 0 Å². The lowest BCUT2D eigenvalue weighted by Crippen LogP contribution is -2.05. The van der Waals surface area contributed by atoms with Crippen LogP contribution >= 0.6 is 22.9 Å². The van der Waals surface area contributed by atoms with Crippen LogP contribution in [0.4, 0.5) is 0 Å². The Labute approximate surface area is 88.1 Å². The van der Waals surface area contributed by atoms with Crippen LogP contribution in [0.3, 0.4) is 0 Å². The standard InChI is InChI=1S/C10H14ClNS/c1-6-7(2)13-10(12-6)5-9(11)8-3-4-8/h8-9H,3-5H2,1-2H3. The first-order valence-corrected chi connectivity index (χ1v) is 5.99. The first-order valence-electron chi connectivity index (χ1n) is 4.74. The van der Waals surface area contributed by atoms with Crippen LogP contribution in [0.25, 0.3) is 0 Å². The van der Waals surface area contributed by atoms with E-state index in [0.717, 1.165) is 12.3 Å². The average molecular weight is 216 g/mol. The molecule has 1 unspecified atom stereocenters. The van der Waals surface area contributed by atoms with Crippen molar-refractivity contribution in [2.45, 2.75) is 38.5 Å². The van der Waals surface area contributed by atoms with Gasteiger partial charge in [-0.05, 0) is 32.6 Å². The number of hydrogen-bond donors (Lipinski definition) is 0. The van der Waals surface area contributed by atoms with Crippen LogP contribution in [-0.2, 0) is 6.42 Å². The minimum atomic E-state index is 0.324. The molecule has 0 saturated heterocycles. The van der Waals surface area contributed by atoms with Crippen molar-refractivity contribution in [3.8, 4) is 0 Å². The van der Waals surface area contributed by atoms with E-state index in [-0.39, 0.29) is 0 Å². The fourth-order valence-corrected chi connectivity index (χ4v) is 2.90. The number of hydrogen-bond acceptors (Lipinski definition) is 2. The molecule has 1 heterocycles. The number of alkyl halides is 1. The van der Waals surface area contributed by atoms with Crippen LogP contribution in [0.1, 0.15) is 28.4 Å². The zero-order valence-corrected chi connectivity index (χ0v) is 9.58. The van der Waals surface area contributed by atoms with Gasteiger partial charge in [-0.1, -0.05) is 0 Å². The number of halogens is 1. The Bertz CT molecular complexity index is 284. The molecule has 1 atom stereocenters. The van der Waals surface area contributed by atoms with Crippen molar-refractivity contribution in [1.29, 1.82) is 0 Å². The molecule has 0 N–H and O–H groups in total. The van der Waals surface area contributed by atoms with E-state index in [9.17, 15) is 0 Å². The smallest absolute Gasteiger partial charge is 0.0945 e. The molecule has 1 aliphatic rings. The molecular weight excluding hydrogens is 202 g/mol. The van der Waals surface area contributed by atoms with E-state index < -0.39 is 0 Å². The molecule has 0 amide bonds. The van der Waals surface area contributed by atoms with Gasteiger partial charge in [0.15, 0.2) is 0 Å². The molecule has 0 spiro atoms. The van der Waals surface area contributed by atoms with Crippen LogP contribution in [0.5, 0.6) is 0 Å². The summed E-state index contributed by atoms with van der Waals surface area (Å²) >= 11 is 8.03. The minimum Gasteiger partial charge on any atom is -0.246 e. The summed E-state index contributed by atoms with van der Waals surface area (Å²) in [6.45, 7) is 4.19. The zero-order chi connectivity index (χ0) is 9.42. The second kappa shape index (κ2) is 3.58. The molecule has 72 valence electrons. The highest BCUT2D eigenvalue weighted by molar-refractivity contribution is 7.11. The maximum Gasteiger partial charge on any atom is 0.0945 e. The molecule has 1 saturated carbocycles. The lowest BCUT2D eigenvalue weighted by atomic mass is 10.2. The predicted octanol–water partition coefficient (Wildman–Crippen LogP) is 3.32. The molecule has 1 aliphatic carbocycles. The second-order valence-electron chi connectivity index (χ2n) is 3.81. The van der Waals surface area contributed by atoms with Gasteiger partial charge in [0.2, 0.25) is 0 Å². The largest absolute Gasteiger partial charge is 0.246 e. The van der Waals surface area contributed by atoms with Crippen molar-refractivity contribution in [2.75, 3.05) is 0 Å². The molecule has 1 fully saturated rings. The zero-order valence-electron chi connectivity index (χ0n) is 8.01. The Morgan fingerprint density at radius 2 is 2.23 bits per heavy atom. The van der Waals surface area contributed by atoms with Gasteiger partial charge in [-0.15, -0.1) is 22.9 Å². The summed E-state index contributed by atoms with van der Waals surface area (Å²) < 4.78 is 0. The predicted molar refractivity (Wildman–Crippen MR) is 57.7 cm³/mol. The van der Waals surface area contributed by atoms with Crippen molar-refractivity contribution in [1.82, 2.24) is 4.98 Å². The first kappa shape index (κ1) is 9.47. The first-order chi connectivity index (χ1) is 6.16. The number of aromatic nitrogens is 1. The van der Waals surface area contributed by atoms with E-state index in [4.69, 9.17) is 11.6 Å². The van der Waals surface area contributed by atoms with E-state index in [0.29, 0.717) is 5.38 Å². The number of rotatable bonds is 3. The maximum atomic E-state index is 6.24. The molecule has 0 aromatic carbocycles. The van der Waals surface area contributed by atoms with Gasteiger partial charge in [-0.2, -0.15) is 0 Å². The molecule has 13 heavy (non-hydrogen) atoms. The third-order valence-corrected chi connectivity index (χ3v) is 4.18. The molecule has 1 aromatic rings. The van der Waals surface area contributed by atoms with Crippen LogP contribution in [0, 0.1) is 19.8 Å². The molecule has 0 aliphatic heterocycles. The quantitative estimate of drug-likeness (QED) is 0.705. The van der Waals surface area contributed by atoms with Crippen LogP contribution in [-0.4, -0.2) is 10.4 Å². The number of nitrogens with zero attached hydrogens (tertiary/aromatic N) is 1. The summed E-state index contributed by atoms with van der Waals surface area (Å²) in [5.74, 6) is 0.770. The maximum absolute atomic E-state index is 6.24. The Kier molecular flexibility index (Phi) is 2.61. The minimum absolute atomic E-state index is 0.324. The Morgan fingerprint density at radius 3 is 2.69 bits per heavy atom. The van der Waals surface area contributed by atoms with E-state index in [1.165, 1.54) is 28.4 Å². The van der Waals surface area contributed by atoms with Gasteiger partial charge < -0.3 is 0 Å². The highest BCUT2D eigenvalue weighted by atomic mass is 35.5. The van der Waals surface area contributed by atoms with Crippen LogP contribution < -0.4 is 0 Å². The van der Waals surface area contributed by atoms with Gasteiger partial charge in [0.05, 0.1) is 10.7 Å². The normalized spacial score (nSPS) is 19.0. The SMILES string of the molecule is Cc1nc(CC(Cl)C2CC2)sc1C. The third-order valence-electron chi connectivity index (χ3n) is 2.58. The Morgan fingerprint density at radius 1 is 1.54 bits per heavy atom. The monoisotopic (exact) mass is 215 g/mol. The Balaban J connectivity index is 2.00. The summed E-state index contributed by atoms with van der Waals surface area (Å²) in [7, 11) is 0. The van der Waals surface area contributed by atoms with Crippen LogP contribution in [0.15, 0.2) is 0 Å². The van der Waals surface area contributed by atoms with Gasteiger partial charge in [-0.25, -0.2) is 4.98 Å². The van der Waals surface area contributed by atoms with E-state index in [1.807, 2.05) is 0 Å². The molecule has 0 bridgehead atoms. The van der Waals surface area contributed by atoms with Crippen molar-refractivity contribution >= 4 is 22.9 Å². The van der Waals surface area contributed by atoms with Crippen molar-refractivity contribution < 1.29 is 0 Å². The summed E-state index contributed by atoms with van der Waals surface area (Å²) in [5, 5.41) is 1.53. The molecule has 3 heteroatoms. The molecule has 1 nitrogen and oxygen atoms in total. The molecule has 2 rings (SSSR count). The number of thiazole rings is 1. The molecular formula is C10H14ClNS. The lowest BCUT2D eigenvalue weighted by Gasteiger charge is -2.03. The lowest BCUT2D eigenvalue weighted by molar-refractivity contribution is 0.733. The topological polar surface area (TPSA) is 12.9 Å². The highest BCUT2D eigenvalue weighted by Gasteiger charge is 2.30. The summed E-state index contributed by atoms with van der Waals surface area (Å²) in [5.41, 5.74) is 1.17. The average Bonchev–Trinajstić information content (AvgIpc) is 2.81. The fraction of sp³-hybridized carbons (Fsp3) is 0.700. The van der Waals surface area contributed by atoms with Crippen molar-refractivity contribution in [3.63, 3.8) is 0 Å². The van der Waals surface area contributed by atoms with Crippen molar-refractivity contribution in [2.24, 2.45) is 5.92 Å². The third kappa shape index (κ3) is 2.23. The Hall–Kier alpha value is -0.0800. The van der Waals surface area contributed by atoms with E-state index >= 15 is 0 Å². The van der Waals surface area contributed by atoms with Crippen LogP contribution in [0.2, 0.25) is 0 Å². The van der Waals surface area contributed by atoms with E-state index in [1.54, 1.807) is 11.3 Å². The fourth-order valence-electron chi connectivity index (χ4n) is 1.42. The van der Waals surface area contributed by atoms with E-state index in [2.05, 4.69) is 18.8 Å².